The average Bonchev–Trinajstić information content (AvgIpc) is 2.08. The molecule has 1 aromatic carbocycles. The lowest BCUT2D eigenvalue weighted by atomic mass is 10.1. The van der Waals surface area contributed by atoms with Crippen LogP contribution >= 0.6 is 11.6 Å². The van der Waals surface area contributed by atoms with Crippen LogP contribution in [0.2, 0.25) is 5.02 Å². The molecule has 66 valence electrons. The van der Waals surface area contributed by atoms with Crippen molar-refractivity contribution in [2.45, 2.75) is 26.7 Å². The molecule has 1 rings (SSSR count). The maximum absolute atomic E-state index is 9.32. The fourth-order valence-electron chi connectivity index (χ4n) is 1.25. The number of aryl methyl sites for hydroxylation is 2. The van der Waals surface area contributed by atoms with Crippen LogP contribution in [-0.2, 0) is 12.8 Å². The number of phenols is 1. The van der Waals surface area contributed by atoms with E-state index in [0.717, 1.165) is 29.0 Å². The summed E-state index contributed by atoms with van der Waals surface area (Å²) in [4.78, 5) is 0. The van der Waals surface area contributed by atoms with Crippen molar-refractivity contribution in [1.82, 2.24) is 0 Å². The number of rotatable bonds is 2. The first-order valence-electron chi connectivity index (χ1n) is 4.19. The quantitative estimate of drug-likeness (QED) is 0.749. The first-order chi connectivity index (χ1) is 5.69. The molecule has 0 saturated carbocycles. The second-order valence-electron chi connectivity index (χ2n) is 2.79. The number of hydrogen-bond acceptors (Lipinski definition) is 1. The minimum atomic E-state index is 0.313. The average molecular weight is 185 g/mol. The SMILES string of the molecule is CCc1cc(O)cc(CC)c1Cl. The molecule has 1 N–H and O–H groups in total. The Bertz CT molecular complexity index is 256. The van der Waals surface area contributed by atoms with Gasteiger partial charge in [-0.05, 0) is 36.1 Å². The highest BCUT2D eigenvalue weighted by Crippen LogP contribution is 2.27. The van der Waals surface area contributed by atoms with E-state index in [1.807, 2.05) is 13.8 Å². The molecule has 0 heterocycles. The van der Waals surface area contributed by atoms with Crippen molar-refractivity contribution in [2.24, 2.45) is 0 Å². The van der Waals surface area contributed by atoms with Crippen molar-refractivity contribution >= 4 is 11.6 Å². The number of halogens is 1. The van der Waals surface area contributed by atoms with E-state index >= 15 is 0 Å². The molecule has 12 heavy (non-hydrogen) atoms. The highest BCUT2D eigenvalue weighted by atomic mass is 35.5. The van der Waals surface area contributed by atoms with Gasteiger partial charge < -0.3 is 5.11 Å². The summed E-state index contributed by atoms with van der Waals surface area (Å²) in [5.74, 6) is 0.313. The Morgan fingerprint density at radius 1 is 1.17 bits per heavy atom. The summed E-state index contributed by atoms with van der Waals surface area (Å²) in [5, 5.41) is 10.1. The van der Waals surface area contributed by atoms with E-state index in [1.165, 1.54) is 0 Å². The second kappa shape index (κ2) is 3.81. The summed E-state index contributed by atoms with van der Waals surface area (Å²) < 4.78 is 0. The maximum atomic E-state index is 9.32. The number of hydrogen-bond donors (Lipinski definition) is 1. The molecule has 0 radical (unpaired) electrons. The molecule has 1 nitrogen and oxygen atoms in total. The molecular formula is C10H13ClO. The van der Waals surface area contributed by atoms with E-state index in [9.17, 15) is 5.11 Å². The summed E-state index contributed by atoms with van der Waals surface area (Å²) in [7, 11) is 0. The van der Waals surface area contributed by atoms with Crippen molar-refractivity contribution in [3.8, 4) is 5.75 Å². The molecular weight excluding hydrogens is 172 g/mol. The topological polar surface area (TPSA) is 20.2 Å². The van der Waals surface area contributed by atoms with E-state index in [2.05, 4.69) is 0 Å². The van der Waals surface area contributed by atoms with Crippen LogP contribution in [0.1, 0.15) is 25.0 Å². The molecule has 1 aromatic rings. The predicted octanol–water partition coefficient (Wildman–Crippen LogP) is 3.17. The monoisotopic (exact) mass is 184 g/mol. The zero-order chi connectivity index (χ0) is 9.14. The lowest BCUT2D eigenvalue weighted by Crippen LogP contribution is -1.88. The zero-order valence-electron chi connectivity index (χ0n) is 7.39. The van der Waals surface area contributed by atoms with E-state index in [-0.39, 0.29) is 0 Å². The fourth-order valence-corrected chi connectivity index (χ4v) is 1.62. The van der Waals surface area contributed by atoms with Gasteiger partial charge in [0.05, 0.1) is 0 Å². The minimum absolute atomic E-state index is 0.313. The van der Waals surface area contributed by atoms with E-state index in [0.29, 0.717) is 5.75 Å². The molecule has 0 aromatic heterocycles. The normalized spacial score (nSPS) is 10.2. The summed E-state index contributed by atoms with van der Waals surface area (Å²) in [6.07, 6.45) is 1.72. The molecule has 0 atom stereocenters. The van der Waals surface area contributed by atoms with Crippen LogP contribution in [0.4, 0.5) is 0 Å². The van der Waals surface area contributed by atoms with Gasteiger partial charge in [-0.2, -0.15) is 0 Å². The third kappa shape index (κ3) is 1.72. The molecule has 2 heteroatoms. The van der Waals surface area contributed by atoms with Crippen LogP contribution in [0.15, 0.2) is 12.1 Å². The molecule has 0 aliphatic carbocycles. The van der Waals surface area contributed by atoms with Crippen LogP contribution in [0, 0.1) is 0 Å². The van der Waals surface area contributed by atoms with Gasteiger partial charge in [-0.15, -0.1) is 0 Å². The van der Waals surface area contributed by atoms with Crippen molar-refractivity contribution in [3.63, 3.8) is 0 Å². The Kier molecular flexibility index (Phi) is 2.99. The lowest BCUT2D eigenvalue weighted by molar-refractivity contribution is 0.474. The third-order valence-corrected chi connectivity index (χ3v) is 2.46. The Morgan fingerprint density at radius 3 is 1.92 bits per heavy atom. The number of phenolic OH excluding ortho intramolecular Hbond substituents is 1. The highest BCUT2D eigenvalue weighted by molar-refractivity contribution is 6.32. The molecule has 0 aliphatic rings. The Hall–Kier alpha value is -0.690. The van der Waals surface area contributed by atoms with Crippen molar-refractivity contribution in [2.75, 3.05) is 0 Å². The first-order valence-corrected chi connectivity index (χ1v) is 4.57. The fraction of sp³-hybridized carbons (Fsp3) is 0.400. The summed E-state index contributed by atoms with van der Waals surface area (Å²) >= 11 is 6.07. The van der Waals surface area contributed by atoms with Crippen molar-refractivity contribution in [3.05, 3.63) is 28.3 Å². The largest absolute Gasteiger partial charge is 0.508 e. The van der Waals surface area contributed by atoms with Gasteiger partial charge in [0.25, 0.3) is 0 Å². The van der Waals surface area contributed by atoms with Crippen LogP contribution < -0.4 is 0 Å². The van der Waals surface area contributed by atoms with Gasteiger partial charge in [-0.25, -0.2) is 0 Å². The highest BCUT2D eigenvalue weighted by Gasteiger charge is 2.05. The summed E-state index contributed by atoms with van der Waals surface area (Å²) in [5.41, 5.74) is 2.04. The van der Waals surface area contributed by atoms with E-state index in [4.69, 9.17) is 11.6 Å². The van der Waals surface area contributed by atoms with Crippen LogP contribution in [0.5, 0.6) is 5.75 Å². The molecule has 0 spiro atoms. The van der Waals surface area contributed by atoms with Gasteiger partial charge in [-0.1, -0.05) is 25.4 Å². The molecule has 0 fully saturated rings. The Morgan fingerprint density at radius 2 is 1.58 bits per heavy atom. The maximum Gasteiger partial charge on any atom is 0.116 e. The number of aromatic hydroxyl groups is 1. The second-order valence-corrected chi connectivity index (χ2v) is 3.16. The summed E-state index contributed by atoms with van der Waals surface area (Å²) in [6.45, 7) is 4.06. The van der Waals surface area contributed by atoms with Gasteiger partial charge in [0, 0.05) is 5.02 Å². The molecule has 0 amide bonds. The Labute approximate surface area is 78.0 Å². The molecule has 0 aliphatic heterocycles. The molecule has 0 bridgehead atoms. The molecule has 0 saturated heterocycles. The van der Waals surface area contributed by atoms with E-state index < -0.39 is 0 Å². The first kappa shape index (κ1) is 9.40. The summed E-state index contributed by atoms with van der Waals surface area (Å²) in [6, 6.07) is 3.45. The predicted molar refractivity (Wildman–Crippen MR) is 51.9 cm³/mol. The van der Waals surface area contributed by atoms with Gasteiger partial charge in [0.2, 0.25) is 0 Å². The Balaban J connectivity index is 3.22. The standard InChI is InChI=1S/C10H13ClO/c1-3-7-5-9(12)6-8(4-2)10(7)11/h5-6,12H,3-4H2,1-2H3. The lowest BCUT2D eigenvalue weighted by Gasteiger charge is -2.07. The molecule has 0 unspecified atom stereocenters. The van der Waals surface area contributed by atoms with Gasteiger partial charge in [0.1, 0.15) is 5.75 Å². The van der Waals surface area contributed by atoms with Crippen LogP contribution in [0.25, 0.3) is 0 Å². The smallest absolute Gasteiger partial charge is 0.116 e. The van der Waals surface area contributed by atoms with Crippen LogP contribution in [-0.4, -0.2) is 5.11 Å². The van der Waals surface area contributed by atoms with Crippen molar-refractivity contribution in [1.29, 1.82) is 0 Å². The van der Waals surface area contributed by atoms with Gasteiger partial charge in [0.15, 0.2) is 0 Å². The van der Waals surface area contributed by atoms with Crippen molar-refractivity contribution < 1.29 is 5.11 Å². The zero-order valence-corrected chi connectivity index (χ0v) is 8.15. The van der Waals surface area contributed by atoms with Gasteiger partial charge >= 0.3 is 0 Å². The van der Waals surface area contributed by atoms with E-state index in [1.54, 1.807) is 12.1 Å². The van der Waals surface area contributed by atoms with Crippen LogP contribution in [0.3, 0.4) is 0 Å². The van der Waals surface area contributed by atoms with Gasteiger partial charge in [-0.3, -0.25) is 0 Å². The third-order valence-electron chi connectivity index (χ3n) is 1.97. The number of benzene rings is 1. The minimum Gasteiger partial charge on any atom is -0.508 e.